The largest absolute Gasteiger partial charge is 0.339 e. The predicted octanol–water partition coefficient (Wildman–Crippen LogP) is 2.02. The molecule has 1 saturated heterocycles. The van der Waals surface area contributed by atoms with Crippen LogP contribution in [0.1, 0.15) is 43.0 Å². The molecule has 0 bridgehead atoms. The molecule has 1 aliphatic carbocycles. The number of nitrogens with zero attached hydrogens (tertiary/aromatic N) is 2. The summed E-state index contributed by atoms with van der Waals surface area (Å²) in [5, 5.41) is 0. The number of benzene rings is 1. The van der Waals surface area contributed by atoms with E-state index in [0.29, 0.717) is 31.7 Å². The molecule has 25 heavy (non-hydrogen) atoms. The molecular weight excluding hydrogens is 321 g/mol. The van der Waals surface area contributed by atoms with E-state index >= 15 is 0 Å². The summed E-state index contributed by atoms with van der Waals surface area (Å²) in [5.74, 6) is -0.475. The van der Waals surface area contributed by atoms with Crippen LogP contribution in [0, 0.1) is 11.7 Å². The molecule has 1 saturated carbocycles. The number of hydrogen-bond donors (Lipinski definition) is 1. The maximum Gasteiger partial charge on any atom is 0.253 e. The van der Waals surface area contributed by atoms with Crippen molar-refractivity contribution in [1.29, 1.82) is 0 Å². The standard InChI is InChI=1S/C19H26FN3O2/c1-19(21)9-3-2-4-16(19)18(25)23-12-10-22(11-13-23)17(24)14-5-7-15(20)8-6-14/h5-8,16H,2-4,9-13,21H2,1H3. The van der Waals surface area contributed by atoms with Crippen LogP contribution in [-0.4, -0.2) is 53.3 Å². The number of nitrogens with two attached hydrogens (primary N) is 1. The van der Waals surface area contributed by atoms with Crippen molar-refractivity contribution >= 4 is 11.8 Å². The molecular formula is C19H26FN3O2. The summed E-state index contributed by atoms with van der Waals surface area (Å²) >= 11 is 0. The van der Waals surface area contributed by atoms with Crippen molar-refractivity contribution in [2.45, 2.75) is 38.1 Å². The predicted molar refractivity (Wildman–Crippen MR) is 93.4 cm³/mol. The third-order valence-electron chi connectivity index (χ3n) is 5.52. The Labute approximate surface area is 148 Å². The third-order valence-corrected chi connectivity index (χ3v) is 5.52. The Morgan fingerprint density at radius 3 is 2.28 bits per heavy atom. The topological polar surface area (TPSA) is 66.6 Å². The van der Waals surface area contributed by atoms with Gasteiger partial charge in [-0.1, -0.05) is 12.8 Å². The fourth-order valence-electron chi connectivity index (χ4n) is 3.89. The minimum atomic E-state index is -0.434. The molecule has 0 aromatic heterocycles. The second-order valence-corrected chi connectivity index (χ2v) is 7.43. The Balaban J connectivity index is 1.59. The lowest BCUT2D eigenvalue weighted by atomic mass is 9.74. The third kappa shape index (κ3) is 3.84. The Bertz CT molecular complexity index is 637. The highest BCUT2D eigenvalue weighted by Crippen LogP contribution is 2.33. The molecule has 2 fully saturated rings. The van der Waals surface area contributed by atoms with E-state index in [4.69, 9.17) is 5.73 Å². The molecule has 2 atom stereocenters. The lowest BCUT2D eigenvalue weighted by molar-refractivity contribution is -0.140. The van der Waals surface area contributed by atoms with Gasteiger partial charge in [0.1, 0.15) is 5.82 Å². The van der Waals surface area contributed by atoms with Gasteiger partial charge in [0.05, 0.1) is 5.92 Å². The summed E-state index contributed by atoms with van der Waals surface area (Å²) < 4.78 is 13.0. The van der Waals surface area contributed by atoms with Crippen molar-refractivity contribution in [3.8, 4) is 0 Å². The molecule has 6 heteroatoms. The Hall–Kier alpha value is -1.95. The van der Waals surface area contributed by atoms with Crippen LogP contribution in [0.3, 0.4) is 0 Å². The van der Waals surface area contributed by atoms with E-state index in [1.165, 1.54) is 24.3 Å². The summed E-state index contributed by atoms with van der Waals surface area (Å²) in [4.78, 5) is 28.9. The molecule has 0 spiro atoms. The number of carbonyl (C=O) groups excluding carboxylic acids is 2. The molecule has 1 aromatic rings. The highest BCUT2D eigenvalue weighted by Gasteiger charge is 2.40. The van der Waals surface area contributed by atoms with Gasteiger partial charge in [0.15, 0.2) is 0 Å². The second-order valence-electron chi connectivity index (χ2n) is 7.43. The minimum absolute atomic E-state index is 0.117. The molecule has 1 aliphatic heterocycles. The van der Waals surface area contributed by atoms with Gasteiger partial charge in [0.2, 0.25) is 5.91 Å². The Morgan fingerprint density at radius 2 is 1.68 bits per heavy atom. The highest BCUT2D eigenvalue weighted by molar-refractivity contribution is 5.94. The van der Waals surface area contributed by atoms with Crippen LogP contribution in [0.25, 0.3) is 0 Å². The van der Waals surface area contributed by atoms with Gasteiger partial charge in [-0.05, 0) is 44.0 Å². The number of rotatable bonds is 2. The van der Waals surface area contributed by atoms with Crippen LogP contribution < -0.4 is 5.73 Å². The van der Waals surface area contributed by atoms with Crippen molar-refractivity contribution in [1.82, 2.24) is 9.80 Å². The van der Waals surface area contributed by atoms with Gasteiger partial charge in [0.25, 0.3) is 5.91 Å². The Morgan fingerprint density at radius 1 is 1.08 bits per heavy atom. The van der Waals surface area contributed by atoms with Crippen LogP contribution in [0.2, 0.25) is 0 Å². The molecule has 136 valence electrons. The molecule has 2 aliphatic rings. The van der Waals surface area contributed by atoms with E-state index in [0.717, 1.165) is 25.7 Å². The summed E-state index contributed by atoms with van der Waals surface area (Å²) in [6.07, 6.45) is 3.86. The first-order chi connectivity index (χ1) is 11.9. The lowest BCUT2D eigenvalue weighted by Gasteiger charge is -2.42. The molecule has 2 N–H and O–H groups in total. The SMILES string of the molecule is CC1(N)CCCCC1C(=O)N1CCN(C(=O)c2ccc(F)cc2)CC1. The molecule has 2 unspecified atom stereocenters. The van der Waals surface area contributed by atoms with Crippen LogP contribution in [0.5, 0.6) is 0 Å². The maximum absolute atomic E-state index is 13.0. The first-order valence-corrected chi connectivity index (χ1v) is 9.01. The van der Waals surface area contributed by atoms with Crippen molar-refractivity contribution in [3.05, 3.63) is 35.6 Å². The van der Waals surface area contributed by atoms with Crippen LogP contribution in [0.4, 0.5) is 4.39 Å². The first kappa shape index (κ1) is 17.9. The smallest absolute Gasteiger partial charge is 0.253 e. The van der Waals surface area contributed by atoms with E-state index in [1.807, 2.05) is 11.8 Å². The van der Waals surface area contributed by atoms with Crippen LogP contribution in [0.15, 0.2) is 24.3 Å². The van der Waals surface area contributed by atoms with Gasteiger partial charge < -0.3 is 15.5 Å². The minimum Gasteiger partial charge on any atom is -0.339 e. The van der Waals surface area contributed by atoms with Crippen molar-refractivity contribution in [2.75, 3.05) is 26.2 Å². The molecule has 0 radical (unpaired) electrons. The van der Waals surface area contributed by atoms with Gasteiger partial charge >= 0.3 is 0 Å². The van der Waals surface area contributed by atoms with E-state index in [1.54, 1.807) is 4.90 Å². The van der Waals surface area contributed by atoms with Crippen molar-refractivity contribution in [2.24, 2.45) is 11.7 Å². The van der Waals surface area contributed by atoms with Gasteiger partial charge in [-0.15, -0.1) is 0 Å². The lowest BCUT2D eigenvalue weighted by Crippen LogP contribution is -2.57. The molecule has 5 nitrogen and oxygen atoms in total. The molecule has 1 aromatic carbocycles. The maximum atomic E-state index is 13.0. The van der Waals surface area contributed by atoms with Gasteiger partial charge in [-0.2, -0.15) is 0 Å². The van der Waals surface area contributed by atoms with Crippen LogP contribution >= 0.6 is 0 Å². The second kappa shape index (κ2) is 7.12. The number of hydrogen-bond acceptors (Lipinski definition) is 3. The highest BCUT2D eigenvalue weighted by atomic mass is 19.1. The normalized spacial score (nSPS) is 27.2. The average Bonchev–Trinajstić information content (AvgIpc) is 2.61. The quantitative estimate of drug-likeness (QED) is 0.890. The number of carbonyl (C=O) groups is 2. The number of amides is 2. The monoisotopic (exact) mass is 347 g/mol. The molecule has 2 amide bonds. The number of piperazine rings is 1. The summed E-state index contributed by atoms with van der Waals surface area (Å²) in [5.41, 5.74) is 6.39. The molecule has 3 rings (SSSR count). The zero-order valence-electron chi connectivity index (χ0n) is 14.7. The number of halogens is 1. The van der Waals surface area contributed by atoms with Gasteiger partial charge in [-0.25, -0.2) is 4.39 Å². The fraction of sp³-hybridized carbons (Fsp3) is 0.579. The van der Waals surface area contributed by atoms with E-state index in [-0.39, 0.29) is 23.5 Å². The van der Waals surface area contributed by atoms with E-state index in [9.17, 15) is 14.0 Å². The van der Waals surface area contributed by atoms with Crippen molar-refractivity contribution in [3.63, 3.8) is 0 Å². The summed E-state index contributed by atoms with van der Waals surface area (Å²) in [6.45, 7) is 4.02. The van der Waals surface area contributed by atoms with Crippen molar-refractivity contribution < 1.29 is 14.0 Å². The Kier molecular flexibility index (Phi) is 5.08. The zero-order valence-corrected chi connectivity index (χ0v) is 14.7. The molecule has 1 heterocycles. The van der Waals surface area contributed by atoms with E-state index < -0.39 is 5.54 Å². The van der Waals surface area contributed by atoms with Gasteiger partial charge in [0, 0.05) is 37.3 Å². The van der Waals surface area contributed by atoms with Gasteiger partial charge in [-0.3, -0.25) is 9.59 Å². The average molecular weight is 347 g/mol. The van der Waals surface area contributed by atoms with E-state index in [2.05, 4.69) is 0 Å². The zero-order chi connectivity index (χ0) is 18.0. The first-order valence-electron chi connectivity index (χ1n) is 9.01. The van der Waals surface area contributed by atoms with Crippen LogP contribution in [-0.2, 0) is 4.79 Å². The summed E-state index contributed by atoms with van der Waals surface area (Å²) in [6, 6.07) is 5.57. The summed E-state index contributed by atoms with van der Waals surface area (Å²) in [7, 11) is 0. The fourth-order valence-corrected chi connectivity index (χ4v) is 3.89.